The van der Waals surface area contributed by atoms with E-state index in [1.807, 2.05) is 0 Å². The molecule has 0 heterocycles. The summed E-state index contributed by atoms with van der Waals surface area (Å²) in [6, 6.07) is 0. The van der Waals surface area contributed by atoms with E-state index in [1.165, 1.54) is 6.92 Å². The third kappa shape index (κ3) is 0.787. The van der Waals surface area contributed by atoms with Crippen LogP contribution in [0, 0.1) is 5.92 Å². The Bertz CT molecular complexity index is 100. The molecule has 0 aromatic rings. The van der Waals surface area contributed by atoms with Gasteiger partial charge in [0.25, 0.3) is 0 Å². The van der Waals surface area contributed by atoms with Crippen molar-refractivity contribution in [2.24, 2.45) is 5.92 Å². The van der Waals surface area contributed by atoms with Crippen LogP contribution in [0.4, 0.5) is 4.39 Å². The highest BCUT2D eigenvalue weighted by Crippen LogP contribution is 2.33. The minimum absolute atomic E-state index is 0.00694. The summed E-state index contributed by atoms with van der Waals surface area (Å²) < 4.78 is 11.8. The summed E-state index contributed by atoms with van der Waals surface area (Å²) in [5.74, 6) is -0.243. The van der Waals surface area contributed by atoms with Gasteiger partial charge in [-0.2, -0.15) is 0 Å². The molecule has 0 aliphatic heterocycles. The van der Waals surface area contributed by atoms with Crippen LogP contribution >= 0.6 is 0 Å². The number of carbonyl (C=O) groups excluding carboxylic acids is 1. The molecule has 1 nitrogen and oxygen atoms in total. The number of alkyl halides is 1. The lowest BCUT2D eigenvalue weighted by atomic mass is 10.3. The molecule has 0 aromatic heterocycles. The molecule has 1 saturated carbocycles. The lowest BCUT2D eigenvalue weighted by molar-refractivity contribution is -0.118. The molecule has 2 atom stereocenters. The van der Waals surface area contributed by atoms with Crippen molar-refractivity contribution in [2.75, 3.05) is 0 Å². The van der Waals surface area contributed by atoms with Crippen molar-refractivity contribution >= 4 is 5.78 Å². The van der Waals surface area contributed by atoms with Crippen molar-refractivity contribution in [1.29, 1.82) is 0 Å². The molecule has 0 bridgehead atoms. The monoisotopic (exact) mass is 101 g/mol. The Morgan fingerprint density at radius 2 is 2.29 bits per heavy atom. The summed E-state index contributed by atoms with van der Waals surface area (Å²) in [6.07, 6.45) is -0.340. The van der Waals surface area contributed by atoms with Crippen LogP contribution in [-0.2, 0) is 4.79 Å². The molecule has 0 N–H and O–H groups in total. The maximum Gasteiger partial charge on any atom is 0.135 e. The zero-order valence-electron chi connectivity index (χ0n) is 4.15. The SMILES string of the molecule is CC(=O)C1CC1[18F]. The molecule has 1 fully saturated rings. The Morgan fingerprint density at radius 3 is 2.29 bits per heavy atom. The van der Waals surface area contributed by atoms with Crippen LogP contribution < -0.4 is 0 Å². The highest BCUT2D eigenvalue weighted by Gasteiger charge is 2.40. The van der Waals surface area contributed by atoms with E-state index in [0.29, 0.717) is 6.42 Å². The standard InChI is InChI=1S/C5H7FO/c1-3(7)4-2-5(4)6/h4-5H,2H2,1H3/i6-1. The quantitative estimate of drug-likeness (QED) is 0.480. The first kappa shape index (κ1) is 4.75. The molecular weight excluding hydrogens is 94.1 g/mol. The van der Waals surface area contributed by atoms with Gasteiger partial charge in [-0.25, -0.2) is 4.39 Å². The molecule has 0 radical (unpaired) electrons. The van der Waals surface area contributed by atoms with Gasteiger partial charge in [-0.05, 0) is 13.3 Å². The van der Waals surface area contributed by atoms with Crippen molar-refractivity contribution in [3.8, 4) is 0 Å². The molecule has 7 heavy (non-hydrogen) atoms. The predicted molar refractivity (Wildman–Crippen MR) is 23.7 cm³/mol. The van der Waals surface area contributed by atoms with Gasteiger partial charge in [0.15, 0.2) is 0 Å². The van der Waals surface area contributed by atoms with Gasteiger partial charge in [0, 0.05) is 0 Å². The van der Waals surface area contributed by atoms with Gasteiger partial charge in [-0.1, -0.05) is 0 Å². The Labute approximate surface area is 41.5 Å². The average Bonchev–Trinajstić information content (AvgIpc) is 2.17. The van der Waals surface area contributed by atoms with Crippen molar-refractivity contribution in [1.82, 2.24) is 0 Å². The van der Waals surface area contributed by atoms with Gasteiger partial charge in [-0.3, -0.25) is 4.79 Å². The first-order valence-corrected chi connectivity index (χ1v) is 2.36. The summed E-state index contributed by atoms with van der Waals surface area (Å²) in [4.78, 5) is 10.2. The van der Waals surface area contributed by atoms with Crippen LogP contribution in [0.25, 0.3) is 0 Å². The fraction of sp³-hybridized carbons (Fsp3) is 0.800. The van der Waals surface area contributed by atoms with Crippen molar-refractivity contribution in [2.45, 2.75) is 19.5 Å². The number of ketones is 1. The van der Waals surface area contributed by atoms with Gasteiger partial charge in [0.2, 0.25) is 0 Å². The molecule has 1 aliphatic rings. The second-order valence-corrected chi connectivity index (χ2v) is 1.97. The Morgan fingerprint density at radius 1 is 1.86 bits per heavy atom. The highest BCUT2D eigenvalue weighted by molar-refractivity contribution is 5.81. The van der Waals surface area contributed by atoms with E-state index in [9.17, 15) is 9.18 Å². The zero-order chi connectivity index (χ0) is 5.44. The number of hydrogen-bond acceptors (Lipinski definition) is 1. The summed E-state index contributed by atoms with van der Waals surface area (Å²) in [7, 11) is 0. The van der Waals surface area contributed by atoms with Crippen LogP contribution in [-0.4, -0.2) is 12.0 Å². The van der Waals surface area contributed by atoms with Gasteiger partial charge in [-0.15, -0.1) is 0 Å². The second kappa shape index (κ2) is 1.29. The molecule has 1 aliphatic carbocycles. The largest absolute Gasteiger partial charge is 0.300 e. The van der Waals surface area contributed by atoms with E-state index in [-0.39, 0.29) is 11.7 Å². The number of carbonyl (C=O) groups is 1. The first-order valence-electron chi connectivity index (χ1n) is 2.36. The summed E-state index contributed by atoms with van der Waals surface area (Å²) in [6.45, 7) is 1.43. The van der Waals surface area contributed by atoms with Crippen LogP contribution in [0.15, 0.2) is 0 Å². The van der Waals surface area contributed by atoms with Crippen LogP contribution in [0.5, 0.6) is 0 Å². The normalized spacial score (nSPS) is 38.0. The summed E-state index contributed by atoms with van der Waals surface area (Å²) >= 11 is 0. The maximum atomic E-state index is 11.8. The van der Waals surface area contributed by atoms with Crippen molar-refractivity contribution < 1.29 is 9.18 Å². The lowest BCUT2D eigenvalue weighted by Gasteiger charge is -1.78. The van der Waals surface area contributed by atoms with E-state index >= 15 is 0 Å². The highest BCUT2D eigenvalue weighted by atomic mass is 18.2. The Hall–Kier alpha value is -0.400. The minimum Gasteiger partial charge on any atom is -0.300 e. The topological polar surface area (TPSA) is 17.1 Å². The van der Waals surface area contributed by atoms with E-state index in [2.05, 4.69) is 0 Å². The molecule has 2 heteroatoms. The number of rotatable bonds is 1. The second-order valence-electron chi connectivity index (χ2n) is 1.97. The van der Waals surface area contributed by atoms with Crippen molar-refractivity contribution in [3.63, 3.8) is 0 Å². The predicted octanol–water partition coefficient (Wildman–Crippen LogP) is 0.933. The zero-order valence-corrected chi connectivity index (χ0v) is 4.15. The van der Waals surface area contributed by atoms with Gasteiger partial charge >= 0.3 is 0 Å². The Kier molecular flexibility index (Phi) is 0.873. The molecule has 0 saturated heterocycles. The third-order valence-electron chi connectivity index (χ3n) is 1.23. The molecule has 1 rings (SSSR count). The van der Waals surface area contributed by atoms with Crippen LogP contribution in [0.3, 0.4) is 0 Å². The van der Waals surface area contributed by atoms with Gasteiger partial charge in [0.05, 0.1) is 5.92 Å². The van der Waals surface area contributed by atoms with E-state index in [1.54, 1.807) is 0 Å². The number of Topliss-reactive ketones (excluding diaryl/α,β-unsaturated/α-hetero) is 1. The number of hydrogen-bond donors (Lipinski definition) is 0. The fourth-order valence-corrected chi connectivity index (χ4v) is 0.585. The smallest absolute Gasteiger partial charge is 0.135 e. The van der Waals surface area contributed by atoms with E-state index in [0.717, 1.165) is 0 Å². The van der Waals surface area contributed by atoms with Crippen molar-refractivity contribution in [3.05, 3.63) is 0 Å². The Balaban J connectivity index is 2.33. The lowest BCUT2D eigenvalue weighted by Crippen LogP contribution is -1.93. The number of halogens is 1. The minimum atomic E-state index is -0.808. The molecule has 0 aromatic carbocycles. The van der Waals surface area contributed by atoms with E-state index < -0.39 is 6.17 Å². The molecular formula is C5H7FO. The van der Waals surface area contributed by atoms with Gasteiger partial charge in [0.1, 0.15) is 12.0 Å². The van der Waals surface area contributed by atoms with Crippen LogP contribution in [0.1, 0.15) is 13.3 Å². The average molecular weight is 101 g/mol. The van der Waals surface area contributed by atoms with Crippen LogP contribution in [0.2, 0.25) is 0 Å². The fourth-order valence-electron chi connectivity index (χ4n) is 0.585. The summed E-state index contributed by atoms with van der Waals surface area (Å²) in [5, 5.41) is 0. The molecule has 0 spiro atoms. The molecule has 40 valence electrons. The molecule has 0 amide bonds. The van der Waals surface area contributed by atoms with Gasteiger partial charge < -0.3 is 0 Å². The third-order valence-corrected chi connectivity index (χ3v) is 1.23. The molecule has 2 unspecified atom stereocenters. The first-order chi connectivity index (χ1) is 3.22. The maximum absolute atomic E-state index is 11.8. The summed E-state index contributed by atoms with van der Waals surface area (Å²) in [5.41, 5.74) is 0. The van der Waals surface area contributed by atoms with E-state index in [4.69, 9.17) is 0 Å².